The van der Waals surface area contributed by atoms with Crippen molar-refractivity contribution in [1.29, 1.82) is 5.41 Å². The van der Waals surface area contributed by atoms with Crippen molar-refractivity contribution < 1.29 is 0 Å². The first-order valence-electron chi connectivity index (χ1n) is 5.42. The Kier molecular flexibility index (Phi) is 30.3. The van der Waals surface area contributed by atoms with Gasteiger partial charge in [0.25, 0.3) is 0 Å². The molecule has 0 rings (SSSR count). The third kappa shape index (κ3) is 29.2. The van der Waals surface area contributed by atoms with Crippen LogP contribution in [0.4, 0.5) is 0 Å². The number of hydrogen-bond acceptors (Lipinski definition) is 3. The van der Waals surface area contributed by atoms with Gasteiger partial charge >= 0.3 is 0 Å². The molecular weight excluding hydrogens is 222 g/mol. The van der Waals surface area contributed by atoms with E-state index in [1.165, 1.54) is 43.8 Å². The second-order valence-corrected chi connectivity index (χ2v) is 3.24. The van der Waals surface area contributed by atoms with E-state index in [0.29, 0.717) is 0 Å². The second kappa shape index (κ2) is 23.7. The summed E-state index contributed by atoms with van der Waals surface area (Å²) >= 11 is 3.81. The normalized spacial score (nSPS) is 7.75. The highest BCUT2D eigenvalue weighted by Crippen LogP contribution is 1.94. The number of thiocarbonyl (C=S) groups is 1. The molecule has 0 spiro atoms. The standard InChI is InChI=1S/C9H21N.CHNS.N3/c1-4-7-10(8-5-2)9-6-3;2-1-3;1-3-2/h4-9H2,1-3H3;2H;/q;;-1. The molecule has 1 N–H and O–H groups in total. The molecule has 0 radical (unpaired) electrons. The third-order valence-electron chi connectivity index (χ3n) is 1.62. The molecule has 0 saturated heterocycles. The van der Waals surface area contributed by atoms with Gasteiger partial charge in [-0.3, -0.25) is 4.91 Å². The van der Waals surface area contributed by atoms with Gasteiger partial charge in [-0.1, -0.05) is 20.8 Å². The lowest BCUT2D eigenvalue weighted by Crippen LogP contribution is -2.25. The molecular formula is C10H22N5S-. The molecule has 0 amide bonds. The first-order valence-corrected chi connectivity index (χ1v) is 5.83. The molecule has 0 unspecified atom stereocenters. The summed E-state index contributed by atoms with van der Waals surface area (Å²) in [6.45, 7) is 10.6. The van der Waals surface area contributed by atoms with Crippen molar-refractivity contribution in [3.8, 4) is 0 Å². The van der Waals surface area contributed by atoms with Crippen molar-refractivity contribution in [2.24, 2.45) is 0 Å². The predicted molar refractivity (Wildman–Crippen MR) is 72.7 cm³/mol. The van der Waals surface area contributed by atoms with Crippen molar-refractivity contribution >= 4 is 17.4 Å². The minimum absolute atomic E-state index is 1.28. The molecule has 5 nitrogen and oxygen atoms in total. The summed E-state index contributed by atoms with van der Waals surface area (Å²) in [5, 5.41) is 7.36. The van der Waals surface area contributed by atoms with Gasteiger partial charge in [0.15, 0.2) is 0 Å². The van der Waals surface area contributed by atoms with Crippen LogP contribution in [-0.4, -0.2) is 29.7 Å². The Balaban J connectivity index is -0.000000235. The molecule has 94 valence electrons. The Bertz CT molecular complexity index is 157. The first kappa shape index (κ1) is 20.5. The second-order valence-electron chi connectivity index (χ2n) is 3.03. The van der Waals surface area contributed by atoms with Crippen LogP contribution in [0.15, 0.2) is 0 Å². The Morgan fingerprint density at radius 1 is 1.06 bits per heavy atom. The highest BCUT2D eigenvalue weighted by molar-refractivity contribution is 7.78. The lowest BCUT2D eigenvalue weighted by Gasteiger charge is -2.19. The van der Waals surface area contributed by atoms with Crippen molar-refractivity contribution in [3.63, 3.8) is 0 Å². The molecule has 0 aromatic rings. The van der Waals surface area contributed by atoms with E-state index >= 15 is 0 Å². The van der Waals surface area contributed by atoms with E-state index in [1.54, 1.807) is 5.16 Å². The van der Waals surface area contributed by atoms with E-state index in [4.69, 9.17) is 16.5 Å². The van der Waals surface area contributed by atoms with Gasteiger partial charge in [0.05, 0.1) is 5.16 Å². The maximum absolute atomic E-state index is 6.75. The van der Waals surface area contributed by atoms with Crippen LogP contribution in [0, 0.1) is 5.41 Å². The Labute approximate surface area is 104 Å². The third-order valence-corrected chi connectivity index (χ3v) is 1.62. The van der Waals surface area contributed by atoms with Gasteiger partial charge in [-0.05, 0) is 51.1 Å². The van der Waals surface area contributed by atoms with Crippen molar-refractivity contribution in [1.82, 2.24) is 4.90 Å². The lowest BCUT2D eigenvalue weighted by molar-refractivity contribution is 0.275. The Hall–Kier alpha value is -0.930. The van der Waals surface area contributed by atoms with Crippen LogP contribution >= 0.6 is 12.2 Å². The van der Waals surface area contributed by atoms with E-state index in [1.807, 2.05) is 0 Å². The quantitative estimate of drug-likeness (QED) is 0.251. The zero-order valence-electron chi connectivity index (χ0n) is 10.4. The summed E-state index contributed by atoms with van der Waals surface area (Å²) in [4.78, 5) is 4.04. The molecule has 0 atom stereocenters. The summed E-state index contributed by atoms with van der Waals surface area (Å²) in [5.74, 6) is 0. The van der Waals surface area contributed by atoms with Crippen molar-refractivity contribution in [2.75, 3.05) is 19.6 Å². The number of hydrogen-bond donors (Lipinski definition) is 1. The molecule has 6 heteroatoms. The van der Waals surface area contributed by atoms with E-state index in [0.717, 1.165) is 0 Å². The molecule has 0 saturated carbocycles. The zero-order chi connectivity index (χ0) is 13.2. The summed E-state index contributed by atoms with van der Waals surface area (Å²) in [5.41, 5.74) is 13.5. The van der Waals surface area contributed by atoms with Gasteiger partial charge in [-0.2, -0.15) is 0 Å². The molecule has 0 bridgehead atoms. The van der Waals surface area contributed by atoms with E-state index in [9.17, 15) is 0 Å². The average molecular weight is 244 g/mol. The van der Waals surface area contributed by atoms with Crippen molar-refractivity contribution in [2.45, 2.75) is 40.0 Å². The van der Waals surface area contributed by atoms with E-state index in [-0.39, 0.29) is 0 Å². The first-order chi connectivity index (χ1) is 7.67. The van der Waals surface area contributed by atoms with Crippen LogP contribution in [0.1, 0.15) is 40.0 Å². The largest absolute Gasteiger partial charge is 0.373 e. The van der Waals surface area contributed by atoms with Crippen LogP contribution in [0.5, 0.6) is 0 Å². The summed E-state index contributed by atoms with van der Waals surface area (Å²) in [6, 6.07) is 0. The van der Waals surface area contributed by atoms with E-state index in [2.05, 4.69) is 37.9 Å². The van der Waals surface area contributed by atoms with Gasteiger partial charge in [0.1, 0.15) is 0 Å². The van der Waals surface area contributed by atoms with E-state index < -0.39 is 0 Å². The number of isothiocyanates is 1. The SMILES string of the molecule is CCCN(CCC)CCC.N=C=S.[N-]=[N+]=[N-]. The lowest BCUT2D eigenvalue weighted by atomic mass is 10.3. The fraction of sp³-hybridized carbons (Fsp3) is 0.900. The molecule has 0 aromatic heterocycles. The number of nitrogens with zero attached hydrogens (tertiary/aromatic N) is 4. The van der Waals surface area contributed by atoms with Gasteiger partial charge in [-0.15, -0.1) is 0 Å². The molecule has 0 aromatic carbocycles. The maximum Gasteiger partial charge on any atom is 0.0554 e. The average Bonchev–Trinajstić information content (AvgIpc) is 2.21. The highest BCUT2D eigenvalue weighted by Gasteiger charge is 1.98. The highest BCUT2D eigenvalue weighted by atomic mass is 32.1. The molecule has 16 heavy (non-hydrogen) atoms. The predicted octanol–water partition coefficient (Wildman–Crippen LogP) is 4.05. The summed E-state index contributed by atoms with van der Waals surface area (Å²) in [6.07, 6.45) is 3.88. The zero-order valence-corrected chi connectivity index (χ0v) is 11.3. The fourth-order valence-corrected chi connectivity index (χ4v) is 1.28. The van der Waals surface area contributed by atoms with Gasteiger partial charge in [0, 0.05) is 0 Å². The van der Waals surface area contributed by atoms with Crippen LogP contribution in [0.25, 0.3) is 16.0 Å². The van der Waals surface area contributed by atoms with Crippen LogP contribution in [-0.2, 0) is 0 Å². The minimum Gasteiger partial charge on any atom is -0.373 e. The molecule has 0 aliphatic heterocycles. The summed E-state index contributed by atoms with van der Waals surface area (Å²) in [7, 11) is 0. The molecule has 0 fully saturated rings. The smallest absolute Gasteiger partial charge is 0.0554 e. The van der Waals surface area contributed by atoms with Crippen molar-refractivity contribution in [3.05, 3.63) is 16.0 Å². The maximum atomic E-state index is 6.75. The number of rotatable bonds is 6. The molecule has 0 aliphatic carbocycles. The minimum atomic E-state index is 1.28. The summed E-state index contributed by atoms with van der Waals surface area (Å²) < 4.78 is 0. The Morgan fingerprint density at radius 2 is 1.25 bits per heavy atom. The molecule has 0 heterocycles. The van der Waals surface area contributed by atoms with Crippen LogP contribution < -0.4 is 0 Å². The monoisotopic (exact) mass is 244 g/mol. The number of nitrogens with one attached hydrogen (secondary N) is 1. The molecule has 0 aliphatic rings. The van der Waals surface area contributed by atoms with Gasteiger partial charge in [0.2, 0.25) is 0 Å². The van der Waals surface area contributed by atoms with Gasteiger partial charge in [-0.25, -0.2) is 5.41 Å². The fourth-order valence-electron chi connectivity index (χ4n) is 1.28. The Morgan fingerprint density at radius 3 is 1.38 bits per heavy atom. The van der Waals surface area contributed by atoms with Crippen LogP contribution in [0.2, 0.25) is 0 Å². The van der Waals surface area contributed by atoms with Gasteiger partial charge < -0.3 is 16.0 Å². The van der Waals surface area contributed by atoms with Crippen LogP contribution in [0.3, 0.4) is 0 Å². The topological polar surface area (TPSA) is 85.8 Å².